The highest BCUT2D eigenvalue weighted by atomic mass is 32.2. The molecule has 21 heavy (non-hydrogen) atoms. The van der Waals surface area contributed by atoms with Crippen LogP contribution in [-0.2, 0) is 16.4 Å². The molecule has 1 fully saturated rings. The number of benzene rings is 1. The van der Waals surface area contributed by atoms with E-state index in [1.165, 1.54) is 0 Å². The molecule has 118 valence electrons. The number of nitrogens with zero attached hydrogens (tertiary/aromatic N) is 1. The molecule has 0 spiro atoms. The molecular formula is C16H26N2O2S. The average Bonchev–Trinajstić information content (AvgIpc) is 2.45. The second kappa shape index (κ2) is 6.46. The van der Waals surface area contributed by atoms with E-state index in [1.807, 2.05) is 12.1 Å². The molecule has 0 amide bonds. The van der Waals surface area contributed by atoms with Gasteiger partial charge in [-0.15, -0.1) is 0 Å². The van der Waals surface area contributed by atoms with E-state index in [0.29, 0.717) is 24.5 Å². The molecule has 0 aliphatic carbocycles. The monoisotopic (exact) mass is 310 g/mol. The summed E-state index contributed by atoms with van der Waals surface area (Å²) in [4.78, 5) is 0.402. The van der Waals surface area contributed by atoms with E-state index >= 15 is 0 Å². The average molecular weight is 310 g/mol. The maximum atomic E-state index is 12.6. The molecule has 1 saturated heterocycles. The van der Waals surface area contributed by atoms with E-state index in [0.717, 1.165) is 31.2 Å². The predicted molar refractivity (Wildman–Crippen MR) is 85.6 cm³/mol. The van der Waals surface area contributed by atoms with Gasteiger partial charge in [0.15, 0.2) is 0 Å². The molecule has 2 N–H and O–H groups in total. The molecule has 1 aliphatic rings. The number of hydrogen-bond acceptors (Lipinski definition) is 3. The van der Waals surface area contributed by atoms with Crippen LogP contribution in [0, 0.1) is 5.41 Å². The molecule has 0 atom stereocenters. The van der Waals surface area contributed by atoms with Crippen molar-refractivity contribution in [2.24, 2.45) is 11.1 Å². The Balaban J connectivity index is 2.09. The number of nitrogens with two attached hydrogens (primary N) is 1. The van der Waals surface area contributed by atoms with Crippen LogP contribution in [0.4, 0.5) is 0 Å². The van der Waals surface area contributed by atoms with E-state index in [9.17, 15) is 8.42 Å². The third-order valence-electron chi connectivity index (χ3n) is 4.31. The summed E-state index contributed by atoms with van der Waals surface area (Å²) in [6.07, 6.45) is 3.66. The summed E-state index contributed by atoms with van der Waals surface area (Å²) in [5, 5.41) is 0. The molecule has 4 nitrogen and oxygen atoms in total. The summed E-state index contributed by atoms with van der Waals surface area (Å²) < 4.78 is 26.9. The Bertz CT molecular complexity index is 554. The summed E-state index contributed by atoms with van der Waals surface area (Å²) in [5.74, 6) is 0. The first-order valence-electron chi connectivity index (χ1n) is 7.64. The van der Waals surface area contributed by atoms with Crippen molar-refractivity contribution in [1.82, 2.24) is 4.31 Å². The molecule has 0 bridgehead atoms. The topological polar surface area (TPSA) is 63.4 Å². The number of hydrogen-bond donors (Lipinski definition) is 1. The minimum absolute atomic E-state index is 0.248. The van der Waals surface area contributed by atoms with Crippen molar-refractivity contribution in [3.8, 4) is 0 Å². The summed E-state index contributed by atoms with van der Waals surface area (Å²) >= 11 is 0. The fraction of sp³-hybridized carbons (Fsp3) is 0.625. The van der Waals surface area contributed by atoms with Gasteiger partial charge in [0.2, 0.25) is 10.0 Å². The molecule has 0 radical (unpaired) electrons. The second-order valence-electron chi connectivity index (χ2n) is 6.60. The Kier molecular flexibility index (Phi) is 5.07. The van der Waals surface area contributed by atoms with Gasteiger partial charge in [0, 0.05) is 13.1 Å². The van der Waals surface area contributed by atoms with Crippen LogP contribution in [0.5, 0.6) is 0 Å². The van der Waals surface area contributed by atoms with Gasteiger partial charge in [-0.2, -0.15) is 4.31 Å². The molecule has 1 aromatic rings. The van der Waals surface area contributed by atoms with Crippen LogP contribution in [0.15, 0.2) is 29.2 Å². The fourth-order valence-corrected chi connectivity index (χ4v) is 4.06. The normalized spacial score (nSPS) is 19.6. The van der Waals surface area contributed by atoms with E-state index in [4.69, 9.17) is 5.73 Å². The lowest BCUT2D eigenvalue weighted by Gasteiger charge is -2.36. The van der Waals surface area contributed by atoms with E-state index < -0.39 is 10.0 Å². The Hall–Kier alpha value is -0.910. The van der Waals surface area contributed by atoms with Crippen molar-refractivity contribution < 1.29 is 8.42 Å². The zero-order chi connectivity index (χ0) is 15.5. The SMILES string of the molecule is CC1(C)CCN(S(=O)(=O)c2ccc(CCCN)cc2)CC1. The fourth-order valence-electron chi connectivity index (χ4n) is 2.62. The number of sulfonamides is 1. The lowest BCUT2D eigenvalue weighted by molar-refractivity contribution is 0.196. The minimum Gasteiger partial charge on any atom is -0.330 e. The predicted octanol–water partition coefficient (Wildman–Crippen LogP) is 2.39. The van der Waals surface area contributed by atoms with Crippen LogP contribution in [0.3, 0.4) is 0 Å². The Morgan fingerprint density at radius 3 is 2.24 bits per heavy atom. The van der Waals surface area contributed by atoms with Gasteiger partial charge >= 0.3 is 0 Å². The standard InChI is InChI=1S/C16H26N2O2S/c1-16(2)9-12-18(13-10-16)21(19,20)15-7-5-14(6-8-15)4-3-11-17/h5-8H,3-4,9-13,17H2,1-2H3. The molecule has 0 saturated carbocycles. The van der Waals surface area contributed by atoms with Crippen LogP contribution in [-0.4, -0.2) is 32.4 Å². The third-order valence-corrected chi connectivity index (χ3v) is 6.22. The van der Waals surface area contributed by atoms with E-state index in [1.54, 1.807) is 16.4 Å². The Labute approximate surface area is 128 Å². The van der Waals surface area contributed by atoms with Crippen LogP contribution >= 0.6 is 0 Å². The number of piperidine rings is 1. The molecule has 1 aliphatic heterocycles. The van der Waals surface area contributed by atoms with Crippen molar-refractivity contribution in [3.05, 3.63) is 29.8 Å². The van der Waals surface area contributed by atoms with E-state index in [-0.39, 0.29) is 5.41 Å². The maximum Gasteiger partial charge on any atom is 0.243 e. The van der Waals surface area contributed by atoms with Gasteiger partial charge in [0.05, 0.1) is 4.90 Å². The summed E-state index contributed by atoms with van der Waals surface area (Å²) in [7, 11) is -3.34. The summed E-state index contributed by atoms with van der Waals surface area (Å²) in [5.41, 5.74) is 6.88. The van der Waals surface area contributed by atoms with Crippen molar-refractivity contribution in [2.75, 3.05) is 19.6 Å². The molecule has 2 rings (SSSR count). The minimum atomic E-state index is -3.34. The molecule has 5 heteroatoms. The van der Waals surface area contributed by atoms with Crippen LogP contribution in [0.25, 0.3) is 0 Å². The van der Waals surface area contributed by atoms with E-state index in [2.05, 4.69) is 13.8 Å². The zero-order valence-electron chi connectivity index (χ0n) is 13.0. The molecule has 0 aromatic heterocycles. The smallest absolute Gasteiger partial charge is 0.243 e. The van der Waals surface area contributed by atoms with Crippen LogP contribution < -0.4 is 5.73 Å². The molecule has 1 aromatic carbocycles. The summed E-state index contributed by atoms with van der Waals surface area (Å²) in [6.45, 7) is 6.28. The van der Waals surface area contributed by atoms with Crippen molar-refractivity contribution in [3.63, 3.8) is 0 Å². The van der Waals surface area contributed by atoms with Crippen molar-refractivity contribution in [2.45, 2.75) is 44.4 Å². The number of aryl methyl sites for hydroxylation is 1. The Morgan fingerprint density at radius 2 is 1.71 bits per heavy atom. The lowest BCUT2D eigenvalue weighted by atomic mass is 9.83. The van der Waals surface area contributed by atoms with Gasteiger partial charge in [0.1, 0.15) is 0 Å². The van der Waals surface area contributed by atoms with Crippen molar-refractivity contribution >= 4 is 10.0 Å². The largest absolute Gasteiger partial charge is 0.330 e. The van der Waals surface area contributed by atoms with Gasteiger partial charge in [-0.05, 0) is 55.3 Å². The molecule has 1 heterocycles. The highest BCUT2D eigenvalue weighted by molar-refractivity contribution is 7.89. The zero-order valence-corrected chi connectivity index (χ0v) is 13.8. The first kappa shape index (κ1) is 16.5. The maximum absolute atomic E-state index is 12.6. The molecule has 0 unspecified atom stereocenters. The quantitative estimate of drug-likeness (QED) is 0.908. The van der Waals surface area contributed by atoms with Gasteiger partial charge in [-0.3, -0.25) is 0 Å². The van der Waals surface area contributed by atoms with Gasteiger partial charge in [0.25, 0.3) is 0 Å². The van der Waals surface area contributed by atoms with Crippen molar-refractivity contribution in [1.29, 1.82) is 0 Å². The van der Waals surface area contributed by atoms with Gasteiger partial charge < -0.3 is 5.73 Å². The second-order valence-corrected chi connectivity index (χ2v) is 8.54. The first-order valence-corrected chi connectivity index (χ1v) is 9.08. The Morgan fingerprint density at radius 1 is 1.14 bits per heavy atom. The lowest BCUT2D eigenvalue weighted by Crippen LogP contribution is -2.41. The van der Waals surface area contributed by atoms with Gasteiger partial charge in [-0.25, -0.2) is 8.42 Å². The third kappa shape index (κ3) is 4.05. The number of rotatable bonds is 5. The summed E-state index contributed by atoms with van der Waals surface area (Å²) in [6, 6.07) is 7.24. The highest BCUT2D eigenvalue weighted by Crippen LogP contribution is 2.32. The first-order chi connectivity index (χ1) is 9.85. The van der Waals surface area contributed by atoms with Crippen LogP contribution in [0.1, 0.15) is 38.7 Å². The molecular weight excluding hydrogens is 284 g/mol. The van der Waals surface area contributed by atoms with Gasteiger partial charge in [-0.1, -0.05) is 26.0 Å². The van der Waals surface area contributed by atoms with Crippen LogP contribution in [0.2, 0.25) is 0 Å². The highest BCUT2D eigenvalue weighted by Gasteiger charge is 2.32.